The van der Waals surface area contributed by atoms with Gasteiger partial charge >= 0.3 is 0 Å². The van der Waals surface area contributed by atoms with Crippen LogP contribution in [0.15, 0.2) is 16.9 Å². The SMILES string of the molecule is NC1(C(=O)Nc2ccon2)CCOCC1. The average molecular weight is 211 g/mol. The Morgan fingerprint density at radius 2 is 2.27 bits per heavy atom. The van der Waals surface area contributed by atoms with Gasteiger partial charge in [0, 0.05) is 19.3 Å². The quantitative estimate of drug-likeness (QED) is 0.725. The van der Waals surface area contributed by atoms with Gasteiger partial charge in [-0.15, -0.1) is 0 Å². The van der Waals surface area contributed by atoms with Gasteiger partial charge in [0.25, 0.3) is 0 Å². The Hall–Kier alpha value is -1.40. The number of anilines is 1. The molecule has 0 atom stereocenters. The molecule has 2 heterocycles. The highest BCUT2D eigenvalue weighted by Crippen LogP contribution is 2.19. The van der Waals surface area contributed by atoms with E-state index in [2.05, 4.69) is 15.0 Å². The third kappa shape index (κ3) is 2.16. The van der Waals surface area contributed by atoms with Crippen molar-refractivity contribution < 1.29 is 14.1 Å². The normalized spacial score (nSPS) is 19.8. The number of ether oxygens (including phenoxy) is 1. The highest BCUT2D eigenvalue weighted by atomic mass is 16.5. The molecule has 0 unspecified atom stereocenters. The van der Waals surface area contributed by atoms with Crippen LogP contribution < -0.4 is 11.1 Å². The fourth-order valence-corrected chi connectivity index (χ4v) is 1.48. The number of nitrogens with two attached hydrogens (primary N) is 1. The largest absolute Gasteiger partial charge is 0.381 e. The standard InChI is InChI=1S/C9H13N3O3/c10-9(2-5-14-6-3-9)8(13)11-7-1-4-15-12-7/h1,4H,2-3,5-6,10H2,(H,11,12,13). The second-order valence-electron chi connectivity index (χ2n) is 3.61. The summed E-state index contributed by atoms with van der Waals surface area (Å²) in [6.45, 7) is 1.03. The molecular weight excluding hydrogens is 198 g/mol. The first-order valence-corrected chi connectivity index (χ1v) is 4.79. The van der Waals surface area contributed by atoms with Crippen molar-refractivity contribution in [2.45, 2.75) is 18.4 Å². The topological polar surface area (TPSA) is 90.4 Å². The van der Waals surface area contributed by atoms with E-state index in [1.165, 1.54) is 6.26 Å². The minimum atomic E-state index is -0.850. The molecule has 0 bridgehead atoms. The predicted octanol–water partition coefficient (Wildman–Crippen LogP) is 0.121. The van der Waals surface area contributed by atoms with Crippen molar-refractivity contribution in [3.05, 3.63) is 12.3 Å². The van der Waals surface area contributed by atoms with Gasteiger partial charge in [-0.05, 0) is 12.8 Å². The van der Waals surface area contributed by atoms with E-state index in [0.717, 1.165) is 0 Å². The van der Waals surface area contributed by atoms with Crippen molar-refractivity contribution in [2.24, 2.45) is 5.73 Å². The summed E-state index contributed by atoms with van der Waals surface area (Å²) in [6, 6.07) is 1.57. The van der Waals surface area contributed by atoms with Crippen LogP contribution in [0.1, 0.15) is 12.8 Å². The summed E-state index contributed by atoms with van der Waals surface area (Å²) in [6.07, 6.45) is 2.44. The van der Waals surface area contributed by atoms with Gasteiger partial charge in [-0.3, -0.25) is 4.79 Å². The summed E-state index contributed by atoms with van der Waals surface area (Å²) in [5, 5.41) is 6.20. The minimum absolute atomic E-state index is 0.236. The van der Waals surface area contributed by atoms with Gasteiger partial charge in [0.05, 0.1) is 0 Å². The van der Waals surface area contributed by atoms with Gasteiger partial charge in [-0.2, -0.15) is 0 Å². The lowest BCUT2D eigenvalue weighted by molar-refractivity contribution is -0.124. The Morgan fingerprint density at radius 3 is 2.87 bits per heavy atom. The van der Waals surface area contributed by atoms with Gasteiger partial charge in [-0.1, -0.05) is 5.16 Å². The summed E-state index contributed by atoms with van der Waals surface area (Å²) >= 11 is 0. The number of amides is 1. The van der Waals surface area contributed by atoms with Crippen LogP contribution in [0.2, 0.25) is 0 Å². The summed E-state index contributed by atoms with van der Waals surface area (Å²) in [4.78, 5) is 11.8. The Balaban J connectivity index is 2.00. The fourth-order valence-electron chi connectivity index (χ4n) is 1.48. The second-order valence-corrected chi connectivity index (χ2v) is 3.61. The van der Waals surface area contributed by atoms with Crippen LogP contribution in [-0.2, 0) is 9.53 Å². The van der Waals surface area contributed by atoms with Gasteiger partial charge < -0.3 is 20.3 Å². The summed E-state index contributed by atoms with van der Waals surface area (Å²) in [7, 11) is 0. The lowest BCUT2D eigenvalue weighted by atomic mass is 9.90. The number of nitrogens with one attached hydrogen (secondary N) is 1. The maximum atomic E-state index is 11.8. The minimum Gasteiger partial charge on any atom is -0.381 e. The average Bonchev–Trinajstić information content (AvgIpc) is 2.71. The van der Waals surface area contributed by atoms with E-state index in [0.29, 0.717) is 31.9 Å². The van der Waals surface area contributed by atoms with E-state index in [-0.39, 0.29) is 5.91 Å². The molecule has 1 aliphatic rings. The number of hydrogen-bond donors (Lipinski definition) is 2. The van der Waals surface area contributed by atoms with Crippen LogP contribution in [0.3, 0.4) is 0 Å². The first-order chi connectivity index (χ1) is 7.21. The zero-order valence-corrected chi connectivity index (χ0v) is 8.23. The molecule has 1 saturated heterocycles. The van der Waals surface area contributed by atoms with E-state index < -0.39 is 5.54 Å². The van der Waals surface area contributed by atoms with Crippen LogP contribution in [-0.4, -0.2) is 29.8 Å². The molecule has 1 fully saturated rings. The van der Waals surface area contributed by atoms with Crippen molar-refractivity contribution in [2.75, 3.05) is 18.5 Å². The van der Waals surface area contributed by atoms with Gasteiger partial charge in [0.15, 0.2) is 5.82 Å². The number of aromatic nitrogens is 1. The van der Waals surface area contributed by atoms with Crippen LogP contribution in [0, 0.1) is 0 Å². The number of rotatable bonds is 2. The summed E-state index contributed by atoms with van der Waals surface area (Å²) < 4.78 is 9.76. The predicted molar refractivity (Wildman–Crippen MR) is 52.1 cm³/mol. The molecule has 0 saturated carbocycles. The number of hydrogen-bond acceptors (Lipinski definition) is 5. The maximum absolute atomic E-state index is 11.8. The van der Waals surface area contributed by atoms with Crippen molar-refractivity contribution in [3.8, 4) is 0 Å². The molecule has 1 aromatic heterocycles. The molecule has 0 aromatic carbocycles. The molecule has 0 aliphatic carbocycles. The van der Waals surface area contributed by atoms with Crippen LogP contribution in [0.4, 0.5) is 5.82 Å². The monoisotopic (exact) mass is 211 g/mol. The van der Waals surface area contributed by atoms with Crippen molar-refractivity contribution in [1.29, 1.82) is 0 Å². The van der Waals surface area contributed by atoms with Gasteiger partial charge in [0.1, 0.15) is 11.8 Å². The highest BCUT2D eigenvalue weighted by molar-refractivity contribution is 5.97. The molecule has 0 spiro atoms. The molecular formula is C9H13N3O3. The van der Waals surface area contributed by atoms with E-state index in [1.807, 2.05) is 0 Å². The third-order valence-electron chi connectivity index (χ3n) is 2.52. The summed E-state index contributed by atoms with van der Waals surface area (Å²) in [5.41, 5.74) is 5.12. The van der Waals surface area contributed by atoms with Crippen LogP contribution >= 0.6 is 0 Å². The Kier molecular flexibility index (Phi) is 2.70. The lowest BCUT2D eigenvalue weighted by Crippen LogP contribution is -2.54. The smallest absolute Gasteiger partial charge is 0.245 e. The van der Waals surface area contributed by atoms with E-state index >= 15 is 0 Å². The Labute approximate surface area is 86.7 Å². The molecule has 3 N–H and O–H groups in total. The highest BCUT2D eigenvalue weighted by Gasteiger charge is 2.36. The summed E-state index contributed by atoms with van der Waals surface area (Å²) in [5.74, 6) is 0.149. The number of nitrogens with zero attached hydrogens (tertiary/aromatic N) is 1. The van der Waals surface area contributed by atoms with Crippen LogP contribution in [0.25, 0.3) is 0 Å². The zero-order chi connectivity index (χ0) is 10.7. The Bertz CT molecular complexity index is 330. The van der Waals surface area contributed by atoms with Gasteiger partial charge in [0.2, 0.25) is 5.91 Å². The number of carbonyl (C=O) groups excluding carboxylic acids is 1. The molecule has 2 rings (SSSR count). The molecule has 1 aliphatic heterocycles. The van der Waals surface area contributed by atoms with Gasteiger partial charge in [-0.25, -0.2) is 0 Å². The molecule has 15 heavy (non-hydrogen) atoms. The van der Waals surface area contributed by atoms with Crippen LogP contribution in [0.5, 0.6) is 0 Å². The third-order valence-corrected chi connectivity index (χ3v) is 2.52. The van der Waals surface area contributed by atoms with E-state index in [9.17, 15) is 4.79 Å². The first-order valence-electron chi connectivity index (χ1n) is 4.79. The first kappa shape index (κ1) is 10.1. The van der Waals surface area contributed by atoms with E-state index in [1.54, 1.807) is 6.07 Å². The molecule has 1 amide bonds. The number of carbonyl (C=O) groups is 1. The lowest BCUT2D eigenvalue weighted by Gasteiger charge is -2.31. The van der Waals surface area contributed by atoms with Crippen molar-refractivity contribution in [1.82, 2.24) is 5.16 Å². The molecule has 0 radical (unpaired) electrons. The van der Waals surface area contributed by atoms with Crippen molar-refractivity contribution in [3.63, 3.8) is 0 Å². The molecule has 6 nitrogen and oxygen atoms in total. The Morgan fingerprint density at radius 1 is 1.53 bits per heavy atom. The van der Waals surface area contributed by atoms with Crippen molar-refractivity contribution >= 4 is 11.7 Å². The van der Waals surface area contributed by atoms with E-state index in [4.69, 9.17) is 10.5 Å². The zero-order valence-electron chi connectivity index (χ0n) is 8.23. The second kappa shape index (κ2) is 4.00. The molecule has 6 heteroatoms. The maximum Gasteiger partial charge on any atom is 0.245 e. The molecule has 82 valence electrons. The fraction of sp³-hybridized carbons (Fsp3) is 0.556. The molecule has 1 aromatic rings.